The molecule has 4 aliphatic heterocycles. The minimum Gasteiger partial charge on any atom is -0.456 e. The molecule has 0 spiro atoms. The Labute approximate surface area is 535 Å². The number of benzene rings is 3. The van der Waals surface area contributed by atoms with Gasteiger partial charge in [0, 0.05) is 86.2 Å². The molecule has 31 nitrogen and oxygen atoms in total. The third kappa shape index (κ3) is 16.4. The van der Waals surface area contributed by atoms with Gasteiger partial charge in [0.15, 0.2) is 23.2 Å². The molecular weight excluding hydrogens is 1320 g/mol. The van der Waals surface area contributed by atoms with Crippen LogP contribution in [0, 0.1) is 0 Å². The lowest BCUT2D eigenvalue weighted by Crippen LogP contribution is -2.50. The number of nitrogen functional groups attached to an aromatic ring is 1. The number of hydrogen-bond acceptors (Lipinski definition) is 22. The summed E-state index contributed by atoms with van der Waals surface area (Å²) in [6.07, 6.45) is 1.39. The number of nitrogens with two attached hydrogens (primary N) is 1. The zero-order valence-electron chi connectivity index (χ0n) is 51.8. The zero-order valence-corrected chi connectivity index (χ0v) is 56.1. The highest BCUT2D eigenvalue weighted by Gasteiger charge is 2.48. The monoisotopic (exact) mass is 1390 g/mol. The van der Waals surface area contributed by atoms with Crippen LogP contribution in [0.4, 0.5) is 11.5 Å². The Balaban J connectivity index is 0.798. The maximum Gasteiger partial charge on any atom is 0.490 e. The number of aromatic nitrogens is 4. The van der Waals surface area contributed by atoms with E-state index in [1.165, 1.54) is 15.8 Å². The van der Waals surface area contributed by atoms with E-state index >= 15 is 0 Å². The van der Waals surface area contributed by atoms with Crippen LogP contribution in [0.3, 0.4) is 0 Å². The first-order chi connectivity index (χ1) is 43.4. The van der Waals surface area contributed by atoms with E-state index in [2.05, 4.69) is 42.9 Å². The molecule has 2 aromatic heterocycles. The number of likely N-dealkylation sites (N-methyl/N-ethyl adjacent to an activating group) is 2. The number of rotatable bonds is 28. The van der Waals surface area contributed by atoms with Gasteiger partial charge in [0.05, 0.1) is 36.7 Å². The van der Waals surface area contributed by atoms with E-state index in [9.17, 15) is 74.1 Å². The van der Waals surface area contributed by atoms with Crippen LogP contribution < -0.4 is 35.8 Å². The van der Waals surface area contributed by atoms with Crippen LogP contribution in [-0.4, -0.2) is 174 Å². The molecule has 36 heteroatoms. The molecule has 9 rings (SSSR count). The molecule has 6 heterocycles. The fourth-order valence-electron chi connectivity index (χ4n) is 12.2. The molecule has 3 aromatic carbocycles. The second kappa shape index (κ2) is 27.5. The van der Waals surface area contributed by atoms with E-state index in [0.29, 0.717) is 99.1 Å². The molecule has 5 aromatic rings. The smallest absolute Gasteiger partial charge is 0.456 e. The minimum atomic E-state index is -5.85. The number of carbonyl (C=O) groups is 2. The molecule has 7 atom stereocenters. The summed E-state index contributed by atoms with van der Waals surface area (Å²) in [5, 5.41) is 25.1. The molecule has 0 radical (unpaired) electrons. The minimum absolute atomic E-state index is 0.0141. The van der Waals surface area contributed by atoms with Gasteiger partial charge >= 0.3 is 23.5 Å². The molecule has 506 valence electrons. The lowest BCUT2D eigenvalue weighted by atomic mass is 9.83. The highest BCUT2D eigenvalue weighted by Crippen LogP contribution is 2.68. The summed E-state index contributed by atoms with van der Waals surface area (Å²) in [6.45, 7) is 11.6. The lowest BCUT2D eigenvalue weighted by molar-refractivity contribution is -0.121. The number of nitrogens with one attached hydrogen (secondary N) is 1. The highest BCUT2D eigenvalue weighted by molar-refractivity contribution is 7.86. The fourth-order valence-corrected chi connectivity index (χ4v) is 17.0. The van der Waals surface area contributed by atoms with Gasteiger partial charge in [-0.05, 0) is 87.9 Å². The number of fused-ring (bicyclic) bond motifs is 5. The summed E-state index contributed by atoms with van der Waals surface area (Å²) in [4.78, 5) is 73.5. The molecule has 0 saturated carbocycles. The van der Waals surface area contributed by atoms with Gasteiger partial charge in [-0.1, -0.05) is 37.1 Å². The average molecular weight is 1400 g/mol. The number of aliphatic hydroxyl groups is 2. The topological polar surface area (TPSA) is 442 Å². The highest BCUT2D eigenvalue weighted by atomic mass is 32.2. The SMILES string of the molecule is CCN1c2cc3c(cc2C(CS(=O)(=O)O)=CC1(C)C)C(c1ccccc1C(=O)N(C)CCCC(=O)NCCCCCCOP(=O)(O)OP(=O)(O)OP(=O)(O)OC[C@H]1O[C@@H](n2cnc4c(N)ncnc42)[C@H](O)[C@@H]1O)=c1cc2c(cc1O3)=[N+](CC)C(C)(C)C=C2CS(=O)(=O)O. The van der Waals surface area contributed by atoms with Crippen LogP contribution in [0.1, 0.15) is 119 Å². The van der Waals surface area contributed by atoms with Gasteiger partial charge in [-0.2, -0.15) is 25.5 Å². The van der Waals surface area contributed by atoms with Crippen LogP contribution in [-0.2, 0) is 61.1 Å². The van der Waals surface area contributed by atoms with Crippen molar-refractivity contribution < 1.29 is 101 Å². The van der Waals surface area contributed by atoms with Crippen molar-refractivity contribution in [1.82, 2.24) is 34.3 Å². The molecule has 4 aliphatic rings. The predicted molar refractivity (Wildman–Crippen MR) is 339 cm³/mol. The maximum atomic E-state index is 14.8. The first-order valence-electron chi connectivity index (χ1n) is 29.5. The second-order valence-electron chi connectivity index (χ2n) is 23.8. The number of ether oxygens (including phenoxy) is 2. The standard InChI is InChI=1S/C57H74N9O22P3S2/c1-8-65-42-25-44-40(23-38(42)34(27-56(65,3)4)30-92(77,78)79)48(41-24-39-35(31-93(80,81)82)28-57(5,6)66(9-2)43(39)26-45(41)85-44)36-17-12-13-18-37(36)54(70)63(7)21-16-19-47(67)59-20-14-10-11-15-22-83-89(71,72)87-91(75,76)88-90(73,74)84-29-46-50(68)51(69)55(86-46)64-33-62-49-52(58)60-32-61-53(49)64/h12-13,17-18,23-28,32-33,46,50-51,55,68-69H,8-11,14-16,19-22,29-31H2,1-7H3,(H7-,58,59,60,61,67,71,72,73,74,75,76,77,78,79,80,81,82)/p+1/t46-,50-,51-,55-/m1/s1. The molecule has 2 amide bonds. The van der Waals surface area contributed by atoms with Gasteiger partial charge < -0.3 is 55.2 Å². The Hall–Kier alpha value is -6.19. The van der Waals surface area contributed by atoms with Crippen molar-refractivity contribution >= 4 is 94.9 Å². The number of anilines is 2. The Kier molecular flexibility index (Phi) is 21.0. The molecular formula is C57H75N9O22P3S2+. The van der Waals surface area contributed by atoms with Gasteiger partial charge in [-0.15, -0.1) is 0 Å². The van der Waals surface area contributed by atoms with Crippen LogP contribution in [0.15, 0.2) is 73.3 Å². The summed E-state index contributed by atoms with van der Waals surface area (Å²) >= 11 is 0. The van der Waals surface area contributed by atoms with E-state index in [1.54, 1.807) is 55.6 Å². The first-order valence-corrected chi connectivity index (χ1v) is 37.2. The largest absolute Gasteiger partial charge is 0.490 e. The van der Waals surface area contributed by atoms with Crippen molar-refractivity contribution in [2.24, 2.45) is 0 Å². The van der Waals surface area contributed by atoms with E-state index in [0.717, 1.165) is 6.33 Å². The number of phosphoric ester groups is 2. The number of unbranched alkanes of at least 4 members (excludes halogenated alkanes) is 3. The number of nitrogens with zero attached hydrogens (tertiary/aromatic N) is 7. The van der Waals surface area contributed by atoms with Gasteiger partial charge in [0.2, 0.25) is 11.3 Å². The quantitative estimate of drug-likeness (QED) is 0.0142. The second-order valence-corrected chi connectivity index (χ2v) is 31.3. The van der Waals surface area contributed by atoms with E-state index in [-0.39, 0.29) is 60.8 Å². The molecule has 10 N–H and O–H groups in total. The van der Waals surface area contributed by atoms with Crippen molar-refractivity contribution in [2.75, 3.05) is 68.6 Å². The number of aliphatic hydroxyl groups excluding tert-OH is 2. The summed E-state index contributed by atoms with van der Waals surface area (Å²) in [5.41, 5.74) is 8.62. The third-order valence-corrected chi connectivity index (χ3v) is 21.8. The fraction of sp³-hybridized carbons (Fsp3) is 0.474. The number of hydrogen-bond donors (Lipinski definition) is 9. The van der Waals surface area contributed by atoms with Gasteiger partial charge in [0.25, 0.3) is 26.1 Å². The lowest BCUT2D eigenvalue weighted by Gasteiger charge is -2.43. The number of amides is 2. The molecule has 1 saturated heterocycles. The van der Waals surface area contributed by atoms with Gasteiger partial charge in [0.1, 0.15) is 59.7 Å². The number of carbonyl (C=O) groups excluding carboxylic acids is 2. The van der Waals surface area contributed by atoms with Gasteiger partial charge in [-0.25, -0.2) is 33.2 Å². The summed E-state index contributed by atoms with van der Waals surface area (Å²) in [5.74, 6) is -1.34. The van der Waals surface area contributed by atoms with E-state index < -0.39 is 110 Å². The Morgan fingerprint density at radius 3 is 2.14 bits per heavy atom. The third-order valence-electron chi connectivity index (χ3n) is 16.1. The van der Waals surface area contributed by atoms with Crippen LogP contribution in [0.5, 0.6) is 11.5 Å². The molecule has 93 heavy (non-hydrogen) atoms. The molecule has 3 unspecified atom stereocenters. The van der Waals surface area contributed by atoms with Crippen molar-refractivity contribution in [3.8, 4) is 11.5 Å². The van der Waals surface area contributed by atoms with Crippen LogP contribution >= 0.6 is 23.5 Å². The van der Waals surface area contributed by atoms with Gasteiger partial charge in [-0.3, -0.25) is 32.3 Å². The Morgan fingerprint density at radius 2 is 1.46 bits per heavy atom. The van der Waals surface area contributed by atoms with E-state index in [4.69, 9.17) is 19.7 Å². The normalized spacial score (nSPS) is 21.0. The first kappa shape index (κ1) is 71.1. The van der Waals surface area contributed by atoms with Crippen LogP contribution in [0.25, 0.3) is 27.9 Å². The summed E-state index contributed by atoms with van der Waals surface area (Å²) in [6, 6.07) is 14.1. The maximum absolute atomic E-state index is 14.8. The Bertz CT molecular complexity index is 4360. The van der Waals surface area contributed by atoms with E-state index in [1.807, 2.05) is 53.7 Å². The van der Waals surface area contributed by atoms with Crippen molar-refractivity contribution in [2.45, 2.75) is 116 Å². The summed E-state index contributed by atoms with van der Waals surface area (Å²) < 4.78 is 142. The number of imidazole rings is 1. The average Bonchev–Trinajstić information content (AvgIpc) is 1.36. The Morgan fingerprint density at radius 1 is 0.796 bits per heavy atom. The van der Waals surface area contributed by atoms with Crippen LogP contribution in [0.2, 0.25) is 0 Å². The van der Waals surface area contributed by atoms with Crippen molar-refractivity contribution in [3.05, 3.63) is 112 Å². The predicted octanol–water partition coefficient (Wildman–Crippen LogP) is 4.44. The molecule has 1 fully saturated rings. The molecule has 0 bridgehead atoms. The zero-order chi connectivity index (χ0) is 68.0. The van der Waals surface area contributed by atoms with Crippen molar-refractivity contribution in [1.29, 1.82) is 0 Å². The molecule has 0 aliphatic carbocycles. The van der Waals surface area contributed by atoms with Crippen molar-refractivity contribution in [3.63, 3.8) is 0 Å². The number of phosphoric acid groups is 3. The summed E-state index contributed by atoms with van der Waals surface area (Å²) in [7, 11) is -24.3.